The van der Waals surface area contributed by atoms with Crippen LogP contribution in [0.4, 0.5) is 5.69 Å². The van der Waals surface area contributed by atoms with Crippen LogP contribution >= 0.6 is 11.3 Å². The molecule has 0 fully saturated rings. The van der Waals surface area contributed by atoms with E-state index >= 15 is 0 Å². The molecule has 1 N–H and O–H groups in total. The number of benzene rings is 1. The van der Waals surface area contributed by atoms with E-state index in [0.717, 1.165) is 17.4 Å². The van der Waals surface area contributed by atoms with Crippen molar-refractivity contribution in [2.45, 2.75) is 0 Å². The molecule has 1 aromatic heterocycles. The van der Waals surface area contributed by atoms with E-state index < -0.39 is 10.4 Å². The van der Waals surface area contributed by atoms with Crippen molar-refractivity contribution in [2.75, 3.05) is 0 Å². The zero-order chi connectivity index (χ0) is 11.0. The van der Waals surface area contributed by atoms with Crippen LogP contribution in [-0.4, -0.2) is 10.0 Å². The van der Waals surface area contributed by atoms with Crippen molar-refractivity contribution in [2.24, 2.45) is 0 Å². The summed E-state index contributed by atoms with van der Waals surface area (Å²) in [6, 6.07) is 5.03. The molecule has 5 nitrogen and oxygen atoms in total. The Hall–Kier alpha value is -1.95. The first-order chi connectivity index (χ1) is 7.08. The minimum atomic E-state index is -0.559. The Balaban J connectivity index is 2.83. The number of rotatable bonds is 1. The van der Waals surface area contributed by atoms with Crippen molar-refractivity contribution < 1.29 is 10.0 Å². The maximum absolute atomic E-state index is 11.4. The van der Waals surface area contributed by atoms with Gasteiger partial charge in [-0.15, -0.1) is 0 Å². The van der Waals surface area contributed by atoms with Crippen molar-refractivity contribution in [1.82, 2.24) is 0 Å². The summed E-state index contributed by atoms with van der Waals surface area (Å²) >= 11 is 1.01. The highest BCUT2D eigenvalue weighted by Gasteiger charge is 2.09. The second-order valence-electron chi connectivity index (χ2n) is 2.89. The molecule has 15 heavy (non-hydrogen) atoms. The van der Waals surface area contributed by atoms with Gasteiger partial charge in [-0.25, -0.2) is 0 Å². The summed E-state index contributed by atoms with van der Waals surface area (Å²) in [6.45, 7) is 0. The molecule has 0 saturated carbocycles. The molecule has 0 radical (unpaired) electrons. The summed E-state index contributed by atoms with van der Waals surface area (Å²) in [7, 11) is 0. The average Bonchev–Trinajstić information content (AvgIpc) is 2.16. The number of fused-ring (bicyclic) bond motifs is 1. The number of hydrogen-bond acceptors (Lipinski definition) is 5. The predicted octanol–water partition coefficient (Wildman–Crippen LogP) is 1.88. The largest absolute Gasteiger partial charge is 0.499 e. The van der Waals surface area contributed by atoms with Crippen LogP contribution in [0.3, 0.4) is 0 Å². The molecular formula is C9H5NO4S. The van der Waals surface area contributed by atoms with Crippen LogP contribution in [0.25, 0.3) is 10.1 Å². The van der Waals surface area contributed by atoms with Gasteiger partial charge in [-0.2, -0.15) is 0 Å². The molecule has 1 heterocycles. The molecule has 0 aliphatic carbocycles. The fraction of sp³-hybridized carbons (Fsp3) is 0. The van der Waals surface area contributed by atoms with Crippen LogP contribution in [0.5, 0.6) is 5.06 Å². The summed E-state index contributed by atoms with van der Waals surface area (Å²) < 4.78 is 0.533. The van der Waals surface area contributed by atoms with Gasteiger partial charge >= 0.3 is 0 Å². The van der Waals surface area contributed by atoms with Gasteiger partial charge in [-0.3, -0.25) is 14.9 Å². The highest BCUT2D eigenvalue weighted by atomic mass is 32.1. The van der Waals surface area contributed by atoms with Crippen LogP contribution in [-0.2, 0) is 0 Å². The zero-order valence-corrected chi connectivity index (χ0v) is 8.15. The third-order valence-electron chi connectivity index (χ3n) is 1.91. The summed E-state index contributed by atoms with van der Waals surface area (Å²) in [4.78, 5) is 21.3. The smallest absolute Gasteiger partial charge is 0.270 e. The van der Waals surface area contributed by atoms with E-state index in [0.29, 0.717) is 4.70 Å². The molecule has 2 aromatic rings. The Labute approximate surface area is 87.4 Å². The number of nitrogens with zero attached hydrogens (tertiary/aromatic N) is 1. The third-order valence-corrected chi connectivity index (χ3v) is 2.81. The number of non-ortho nitro benzene ring substituents is 1. The molecule has 2 rings (SSSR count). The molecule has 0 amide bonds. The van der Waals surface area contributed by atoms with Gasteiger partial charge in [-0.1, -0.05) is 11.3 Å². The normalized spacial score (nSPS) is 10.4. The zero-order valence-electron chi connectivity index (χ0n) is 7.34. The molecule has 0 aliphatic heterocycles. The summed E-state index contributed by atoms with van der Waals surface area (Å²) in [6.07, 6.45) is 0. The second kappa shape index (κ2) is 3.32. The lowest BCUT2D eigenvalue weighted by atomic mass is 10.2. The lowest BCUT2D eigenvalue weighted by Gasteiger charge is -1.96. The standard InChI is InChI=1S/C9H5NO4S/c11-7-4-9(12)15-8-2-1-5(10(13)14)3-6(7)8/h1-4,12H. The van der Waals surface area contributed by atoms with Gasteiger partial charge in [0, 0.05) is 28.3 Å². The molecule has 0 atom stereocenters. The molecule has 76 valence electrons. The van der Waals surface area contributed by atoms with Gasteiger partial charge in [0.25, 0.3) is 5.69 Å². The van der Waals surface area contributed by atoms with Crippen molar-refractivity contribution in [3.05, 3.63) is 44.6 Å². The van der Waals surface area contributed by atoms with Crippen LogP contribution in [0.15, 0.2) is 29.1 Å². The van der Waals surface area contributed by atoms with E-state index in [1.807, 2.05) is 0 Å². The molecular weight excluding hydrogens is 218 g/mol. The van der Waals surface area contributed by atoms with Gasteiger partial charge in [0.2, 0.25) is 0 Å². The van der Waals surface area contributed by atoms with Crippen molar-refractivity contribution in [3.63, 3.8) is 0 Å². The molecule has 0 unspecified atom stereocenters. The fourth-order valence-electron chi connectivity index (χ4n) is 1.25. The summed E-state index contributed by atoms with van der Waals surface area (Å²) in [5.74, 6) is 0. The summed E-state index contributed by atoms with van der Waals surface area (Å²) in [5.41, 5.74) is -0.539. The first-order valence-corrected chi connectivity index (χ1v) is 4.81. The van der Waals surface area contributed by atoms with E-state index in [9.17, 15) is 20.0 Å². The predicted molar refractivity (Wildman–Crippen MR) is 56.4 cm³/mol. The number of nitro benzene ring substituents is 1. The van der Waals surface area contributed by atoms with E-state index in [-0.39, 0.29) is 16.1 Å². The molecule has 0 spiro atoms. The maximum atomic E-state index is 11.4. The Bertz CT molecular complexity index is 605. The Morgan fingerprint density at radius 3 is 2.73 bits per heavy atom. The maximum Gasteiger partial charge on any atom is 0.270 e. The average molecular weight is 223 g/mol. The van der Waals surface area contributed by atoms with Gasteiger partial charge < -0.3 is 5.11 Å². The van der Waals surface area contributed by atoms with E-state index in [1.54, 1.807) is 0 Å². The van der Waals surface area contributed by atoms with E-state index in [4.69, 9.17) is 0 Å². The highest BCUT2D eigenvalue weighted by molar-refractivity contribution is 7.19. The molecule has 0 aliphatic rings. The first kappa shape index (κ1) is 9.60. The monoisotopic (exact) mass is 223 g/mol. The van der Waals surface area contributed by atoms with Crippen LogP contribution < -0.4 is 5.43 Å². The number of aromatic hydroxyl groups is 1. The first-order valence-electron chi connectivity index (χ1n) is 3.99. The van der Waals surface area contributed by atoms with Crippen LogP contribution in [0, 0.1) is 10.1 Å². The van der Waals surface area contributed by atoms with Gasteiger partial charge in [0.1, 0.15) is 0 Å². The quantitative estimate of drug-likeness (QED) is 0.591. The second-order valence-corrected chi connectivity index (χ2v) is 3.95. The fourth-order valence-corrected chi connectivity index (χ4v) is 2.04. The third kappa shape index (κ3) is 1.66. The van der Waals surface area contributed by atoms with Gasteiger partial charge in [0.05, 0.1) is 4.92 Å². The molecule has 0 saturated heterocycles. The summed E-state index contributed by atoms with van der Waals surface area (Å²) in [5, 5.41) is 19.8. The highest BCUT2D eigenvalue weighted by Crippen LogP contribution is 2.26. The molecule has 1 aromatic carbocycles. The number of hydrogen-bond donors (Lipinski definition) is 1. The molecule has 6 heteroatoms. The van der Waals surface area contributed by atoms with Gasteiger partial charge in [-0.05, 0) is 6.07 Å². The van der Waals surface area contributed by atoms with Crippen molar-refractivity contribution >= 4 is 27.1 Å². The molecule has 0 bridgehead atoms. The van der Waals surface area contributed by atoms with Gasteiger partial charge in [0.15, 0.2) is 10.5 Å². The van der Waals surface area contributed by atoms with Crippen molar-refractivity contribution in [1.29, 1.82) is 0 Å². The van der Waals surface area contributed by atoms with Crippen LogP contribution in [0.2, 0.25) is 0 Å². The lowest BCUT2D eigenvalue weighted by Crippen LogP contribution is -1.98. The minimum Gasteiger partial charge on any atom is -0.499 e. The van der Waals surface area contributed by atoms with E-state index in [2.05, 4.69) is 0 Å². The topological polar surface area (TPSA) is 80.4 Å². The lowest BCUT2D eigenvalue weighted by molar-refractivity contribution is -0.384. The van der Waals surface area contributed by atoms with E-state index in [1.165, 1.54) is 18.2 Å². The minimum absolute atomic E-state index is 0.0960. The van der Waals surface area contributed by atoms with Crippen molar-refractivity contribution in [3.8, 4) is 5.06 Å². The number of nitro groups is 1. The Kier molecular flexibility index (Phi) is 2.12. The van der Waals surface area contributed by atoms with Crippen LogP contribution in [0.1, 0.15) is 0 Å². The Morgan fingerprint density at radius 1 is 1.33 bits per heavy atom. The Morgan fingerprint density at radius 2 is 2.07 bits per heavy atom. The SMILES string of the molecule is O=c1cc(O)sc2ccc([N+](=O)[O-])cc12.